The number of halogens is 1. The van der Waals surface area contributed by atoms with E-state index in [0.29, 0.717) is 6.04 Å². The first kappa shape index (κ1) is 13.1. The molecule has 0 bridgehead atoms. The summed E-state index contributed by atoms with van der Waals surface area (Å²) in [6.07, 6.45) is 3.58. The zero-order valence-electron chi connectivity index (χ0n) is 10.7. The lowest BCUT2D eigenvalue weighted by Gasteiger charge is -2.11. The van der Waals surface area contributed by atoms with Crippen molar-refractivity contribution in [1.82, 2.24) is 10.3 Å². The molecule has 94 valence electrons. The zero-order chi connectivity index (χ0) is 13.0. The molecule has 0 aliphatic carbocycles. The number of pyridine rings is 1. The normalized spacial score (nSPS) is 10.9. The molecule has 0 fully saturated rings. The summed E-state index contributed by atoms with van der Waals surface area (Å²) in [6.45, 7) is 5.05. The topological polar surface area (TPSA) is 24.9 Å². The molecule has 1 aromatic carbocycles. The number of hydrogen-bond acceptors (Lipinski definition) is 2. The van der Waals surface area contributed by atoms with E-state index < -0.39 is 0 Å². The number of nitrogens with one attached hydrogen (secondary N) is 1. The van der Waals surface area contributed by atoms with Gasteiger partial charge in [-0.2, -0.15) is 0 Å². The SMILES string of the molecule is CC(C)NCc1ccc(-c2ccncc2)cc1Cl. The van der Waals surface area contributed by atoms with Crippen LogP contribution in [0.3, 0.4) is 0 Å². The fourth-order valence-electron chi connectivity index (χ4n) is 1.73. The van der Waals surface area contributed by atoms with Gasteiger partial charge in [0.2, 0.25) is 0 Å². The molecule has 2 rings (SSSR count). The van der Waals surface area contributed by atoms with Crippen molar-refractivity contribution in [2.75, 3.05) is 0 Å². The number of nitrogens with zero attached hydrogens (tertiary/aromatic N) is 1. The highest BCUT2D eigenvalue weighted by Gasteiger charge is 2.04. The molecule has 2 aromatic rings. The number of hydrogen-bond donors (Lipinski definition) is 1. The second-order valence-electron chi connectivity index (χ2n) is 4.58. The van der Waals surface area contributed by atoms with Crippen molar-refractivity contribution < 1.29 is 0 Å². The fourth-order valence-corrected chi connectivity index (χ4v) is 1.98. The lowest BCUT2D eigenvalue weighted by Crippen LogP contribution is -2.21. The van der Waals surface area contributed by atoms with Gasteiger partial charge in [-0.1, -0.05) is 37.6 Å². The Balaban J connectivity index is 2.20. The molecule has 3 heteroatoms. The van der Waals surface area contributed by atoms with E-state index in [0.717, 1.165) is 28.3 Å². The van der Waals surface area contributed by atoms with Gasteiger partial charge in [0.1, 0.15) is 0 Å². The molecule has 0 aliphatic heterocycles. The second kappa shape index (κ2) is 5.98. The Morgan fingerprint density at radius 3 is 2.44 bits per heavy atom. The van der Waals surface area contributed by atoms with Crippen LogP contribution in [-0.4, -0.2) is 11.0 Å². The minimum atomic E-state index is 0.459. The highest BCUT2D eigenvalue weighted by molar-refractivity contribution is 6.31. The average Bonchev–Trinajstić information content (AvgIpc) is 2.38. The summed E-state index contributed by atoms with van der Waals surface area (Å²) in [7, 11) is 0. The molecule has 0 aliphatic rings. The fraction of sp³-hybridized carbons (Fsp3) is 0.267. The van der Waals surface area contributed by atoms with Gasteiger partial charge < -0.3 is 5.32 Å². The van der Waals surface area contributed by atoms with Crippen LogP contribution in [0.15, 0.2) is 42.7 Å². The Morgan fingerprint density at radius 1 is 1.11 bits per heavy atom. The van der Waals surface area contributed by atoms with Gasteiger partial charge >= 0.3 is 0 Å². The van der Waals surface area contributed by atoms with E-state index >= 15 is 0 Å². The van der Waals surface area contributed by atoms with Gasteiger partial charge in [0.15, 0.2) is 0 Å². The first-order chi connectivity index (χ1) is 8.66. The Morgan fingerprint density at radius 2 is 1.83 bits per heavy atom. The maximum Gasteiger partial charge on any atom is 0.0457 e. The summed E-state index contributed by atoms with van der Waals surface area (Å²) >= 11 is 6.31. The molecule has 0 amide bonds. The van der Waals surface area contributed by atoms with E-state index in [9.17, 15) is 0 Å². The van der Waals surface area contributed by atoms with Crippen LogP contribution in [0.5, 0.6) is 0 Å². The molecule has 0 atom stereocenters. The Labute approximate surface area is 113 Å². The molecule has 0 unspecified atom stereocenters. The maximum absolute atomic E-state index is 6.31. The smallest absolute Gasteiger partial charge is 0.0457 e. The predicted octanol–water partition coefficient (Wildman–Crippen LogP) is 3.90. The zero-order valence-corrected chi connectivity index (χ0v) is 11.4. The molecule has 18 heavy (non-hydrogen) atoms. The summed E-state index contributed by atoms with van der Waals surface area (Å²) in [5.41, 5.74) is 3.38. The van der Waals surface area contributed by atoms with Crippen LogP contribution in [0.1, 0.15) is 19.4 Å². The summed E-state index contributed by atoms with van der Waals surface area (Å²) in [5, 5.41) is 4.17. The Bertz CT molecular complexity index is 509. The van der Waals surface area contributed by atoms with Crippen LogP contribution < -0.4 is 5.32 Å². The predicted molar refractivity (Wildman–Crippen MR) is 76.7 cm³/mol. The monoisotopic (exact) mass is 260 g/mol. The van der Waals surface area contributed by atoms with Crippen molar-refractivity contribution in [3.8, 4) is 11.1 Å². The number of rotatable bonds is 4. The molecule has 0 saturated carbocycles. The van der Waals surface area contributed by atoms with E-state index in [1.54, 1.807) is 12.4 Å². The summed E-state index contributed by atoms with van der Waals surface area (Å²) in [4.78, 5) is 4.02. The number of aromatic nitrogens is 1. The standard InChI is InChI=1S/C15H17ClN2/c1-11(2)18-10-14-4-3-13(9-15(14)16)12-5-7-17-8-6-12/h3-9,11,18H,10H2,1-2H3. The van der Waals surface area contributed by atoms with Crippen molar-refractivity contribution in [3.05, 3.63) is 53.3 Å². The third-order valence-corrected chi connectivity index (χ3v) is 3.12. The highest BCUT2D eigenvalue weighted by atomic mass is 35.5. The van der Waals surface area contributed by atoms with Gasteiger partial charge in [0, 0.05) is 30.0 Å². The van der Waals surface area contributed by atoms with Crippen molar-refractivity contribution in [1.29, 1.82) is 0 Å². The van der Waals surface area contributed by atoms with Crippen molar-refractivity contribution >= 4 is 11.6 Å². The van der Waals surface area contributed by atoms with Gasteiger partial charge in [-0.05, 0) is 34.9 Å². The molecule has 1 N–H and O–H groups in total. The van der Waals surface area contributed by atoms with Crippen molar-refractivity contribution in [2.45, 2.75) is 26.4 Å². The van der Waals surface area contributed by atoms with E-state index in [1.807, 2.05) is 18.2 Å². The van der Waals surface area contributed by atoms with E-state index in [4.69, 9.17) is 11.6 Å². The highest BCUT2D eigenvalue weighted by Crippen LogP contribution is 2.25. The number of benzene rings is 1. The Kier molecular flexibility index (Phi) is 4.34. The first-order valence-corrected chi connectivity index (χ1v) is 6.47. The van der Waals surface area contributed by atoms with Crippen LogP contribution in [0.25, 0.3) is 11.1 Å². The average molecular weight is 261 g/mol. The molecular formula is C15H17ClN2. The summed E-state index contributed by atoms with van der Waals surface area (Å²) in [6, 6.07) is 10.6. The van der Waals surface area contributed by atoms with Crippen LogP contribution in [0.4, 0.5) is 0 Å². The van der Waals surface area contributed by atoms with Gasteiger partial charge in [0.05, 0.1) is 0 Å². The van der Waals surface area contributed by atoms with Crippen LogP contribution >= 0.6 is 11.6 Å². The minimum Gasteiger partial charge on any atom is -0.310 e. The van der Waals surface area contributed by atoms with Gasteiger partial charge in [0.25, 0.3) is 0 Å². The third-order valence-electron chi connectivity index (χ3n) is 2.77. The van der Waals surface area contributed by atoms with Crippen LogP contribution in [0, 0.1) is 0 Å². The third kappa shape index (κ3) is 3.31. The second-order valence-corrected chi connectivity index (χ2v) is 4.98. The lowest BCUT2D eigenvalue weighted by atomic mass is 10.0. The van der Waals surface area contributed by atoms with Crippen molar-refractivity contribution in [3.63, 3.8) is 0 Å². The molecule has 1 aromatic heterocycles. The van der Waals surface area contributed by atoms with E-state index in [-0.39, 0.29) is 0 Å². The van der Waals surface area contributed by atoms with Crippen LogP contribution in [-0.2, 0) is 6.54 Å². The molecule has 1 heterocycles. The van der Waals surface area contributed by atoms with Crippen LogP contribution in [0.2, 0.25) is 5.02 Å². The van der Waals surface area contributed by atoms with Gasteiger partial charge in [-0.15, -0.1) is 0 Å². The van der Waals surface area contributed by atoms with E-state index in [2.05, 4.69) is 36.3 Å². The summed E-state index contributed by atoms with van der Waals surface area (Å²) < 4.78 is 0. The maximum atomic E-state index is 6.31. The first-order valence-electron chi connectivity index (χ1n) is 6.09. The van der Waals surface area contributed by atoms with E-state index in [1.165, 1.54) is 0 Å². The lowest BCUT2D eigenvalue weighted by molar-refractivity contribution is 0.589. The Hall–Kier alpha value is -1.38. The largest absolute Gasteiger partial charge is 0.310 e. The van der Waals surface area contributed by atoms with Crippen molar-refractivity contribution in [2.24, 2.45) is 0 Å². The van der Waals surface area contributed by atoms with Gasteiger partial charge in [-0.3, -0.25) is 4.98 Å². The quantitative estimate of drug-likeness (QED) is 0.902. The molecule has 0 spiro atoms. The molecule has 0 saturated heterocycles. The minimum absolute atomic E-state index is 0.459. The van der Waals surface area contributed by atoms with Gasteiger partial charge in [-0.25, -0.2) is 0 Å². The molecular weight excluding hydrogens is 244 g/mol. The summed E-state index contributed by atoms with van der Waals surface area (Å²) in [5.74, 6) is 0. The molecule has 2 nitrogen and oxygen atoms in total. The molecule has 0 radical (unpaired) electrons.